The second-order valence-electron chi connectivity index (χ2n) is 5.08. The van der Waals surface area contributed by atoms with Gasteiger partial charge >= 0.3 is 0 Å². The number of nitrogens with one attached hydrogen (secondary N) is 1. The zero-order valence-electron chi connectivity index (χ0n) is 11.6. The summed E-state index contributed by atoms with van der Waals surface area (Å²) in [6, 6.07) is 7.51. The Morgan fingerprint density at radius 1 is 1.10 bits per heavy atom. The molecule has 1 aromatic heterocycles. The summed E-state index contributed by atoms with van der Waals surface area (Å²) in [6.45, 7) is 1.44. The third-order valence-corrected chi connectivity index (χ3v) is 3.88. The number of carbonyl (C=O) groups is 2. The molecule has 21 heavy (non-hydrogen) atoms. The smallest absolute Gasteiger partial charge is 0.254 e. The second-order valence-corrected chi connectivity index (χ2v) is 5.08. The van der Waals surface area contributed by atoms with Crippen molar-refractivity contribution >= 4 is 22.7 Å². The van der Waals surface area contributed by atoms with Crippen molar-refractivity contribution in [3.63, 3.8) is 0 Å². The van der Waals surface area contributed by atoms with E-state index in [-0.39, 0.29) is 11.8 Å². The fourth-order valence-electron chi connectivity index (χ4n) is 2.70. The predicted octanol–water partition coefficient (Wildman–Crippen LogP) is 0.445. The molecule has 2 aromatic rings. The molecule has 6 heteroatoms. The Morgan fingerprint density at radius 2 is 1.81 bits per heavy atom. The van der Waals surface area contributed by atoms with Crippen molar-refractivity contribution < 1.29 is 14.7 Å². The number of H-pyrrole nitrogens is 1. The molecule has 1 saturated heterocycles. The van der Waals surface area contributed by atoms with Crippen molar-refractivity contribution in [2.75, 3.05) is 32.8 Å². The normalized spacial score (nSPS) is 15.5. The molecule has 1 aliphatic rings. The molecule has 2 heterocycles. The van der Waals surface area contributed by atoms with Gasteiger partial charge < -0.3 is 19.9 Å². The molecule has 2 amide bonds. The molecule has 0 spiro atoms. The number of carbonyl (C=O) groups excluding carboxylic acids is 2. The Balaban J connectivity index is 1.75. The van der Waals surface area contributed by atoms with E-state index in [0.717, 1.165) is 10.9 Å². The summed E-state index contributed by atoms with van der Waals surface area (Å²) in [5.41, 5.74) is 1.62. The first-order chi connectivity index (χ1) is 10.2. The van der Waals surface area contributed by atoms with Crippen LogP contribution < -0.4 is 0 Å². The van der Waals surface area contributed by atoms with Crippen molar-refractivity contribution in [1.29, 1.82) is 0 Å². The Morgan fingerprint density at radius 3 is 2.52 bits per heavy atom. The summed E-state index contributed by atoms with van der Waals surface area (Å²) in [4.78, 5) is 30.5. The Hall–Kier alpha value is -2.34. The molecule has 1 aliphatic heterocycles. The summed E-state index contributed by atoms with van der Waals surface area (Å²) in [7, 11) is 0. The maximum absolute atomic E-state index is 12.6. The van der Waals surface area contributed by atoms with E-state index in [4.69, 9.17) is 5.11 Å². The van der Waals surface area contributed by atoms with Gasteiger partial charge in [0.05, 0.1) is 0 Å². The van der Waals surface area contributed by atoms with Crippen LogP contribution in [0.15, 0.2) is 30.5 Å². The molecule has 110 valence electrons. The third kappa shape index (κ3) is 2.50. The van der Waals surface area contributed by atoms with E-state index in [9.17, 15) is 9.59 Å². The summed E-state index contributed by atoms with van der Waals surface area (Å²) in [5.74, 6) is -0.300. The summed E-state index contributed by atoms with van der Waals surface area (Å²) in [5, 5.41) is 9.77. The summed E-state index contributed by atoms with van der Waals surface area (Å²) >= 11 is 0. The monoisotopic (exact) mass is 287 g/mol. The number of rotatable bonds is 2. The molecule has 0 unspecified atom stereocenters. The molecule has 0 saturated carbocycles. The highest BCUT2D eigenvalue weighted by atomic mass is 16.3. The van der Waals surface area contributed by atoms with Crippen LogP contribution in [0, 0.1) is 0 Å². The number of nitrogens with zero attached hydrogens (tertiary/aromatic N) is 2. The largest absolute Gasteiger partial charge is 0.387 e. The van der Waals surface area contributed by atoms with Gasteiger partial charge in [0.2, 0.25) is 5.91 Å². The zero-order chi connectivity index (χ0) is 14.8. The Labute approximate surface area is 122 Å². The van der Waals surface area contributed by atoms with Crippen LogP contribution in [0.1, 0.15) is 10.4 Å². The van der Waals surface area contributed by atoms with E-state index in [1.54, 1.807) is 9.80 Å². The van der Waals surface area contributed by atoms with Crippen molar-refractivity contribution in [2.45, 2.75) is 0 Å². The summed E-state index contributed by atoms with van der Waals surface area (Å²) in [6.07, 6.45) is 1.82. The average molecular weight is 287 g/mol. The molecule has 0 radical (unpaired) electrons. The lowest BCUT2D eigenvalue weighted by Gasteiger charge is -2.34. The SMILES string of the molecule is O=C(CO)N1CCN(C(=O)c2cccc3[nH]ccc23)CC1. The van der Waals surface area contributed by atoms with Gasteiger partial charge in [0, 0.05) is 48.8 Å². The van der Waals surface area contributed by atoms with E-state index >= 15 is 0 Å². The molecule has 6 nitrogen and oxygen atoms in total. The zero-order valence-corrected chi connectivity index (χ0v) is 11.6. The number of amides is 2. The summed E-state index contributed by atoms with van der Waals surface area (Å²) < 4.78 is 0. The number of aliphatic hydroxyl groups excluding tert-OH is 1. The lowest BCUT2D eigenvalue weighted by Crippen LogP contribution is -2.51. The number of aromatic nitrogens is 1. The van der Waals surface area contributed by atoms with Crippen molar-refractivity contribution in [3.05, 3.63) is 36.0 Å². The molecular weight excluding hydrogens is 270 g/mol. The lowest BCUT2D eigenvalue weighted by atomic mass is 10.1. The van der Waals surface area contributed by atoms with Gasteiger partial charge in [-0.2, -0.15) is 0 Å². The van der Waals surface area contributed by atoms with Gasteiger partial charge in [0.15, 0.2) is 0 Å². The van der Waals surface area contributed by atoms with Crippen LogP contribution in [0.3, 0.4) is 0 Å². The van der Waals surface area contributed by atoms with E-state index in [1.807, 2.05) is 30.5 Å². The van der Waals surface area contributed by atoms with Crippen molar-refractivity contribution in [2.24, 2.45) is 0 Å². The minimum absolute atomic E-state index is 0.0173. The minimum Gasteiger partial charge on any atom is -0.387 e. The van der Waals surface area contributed by atoms with Gasteiger partial charge in [0.25, 0.3) is 5.91 Å². The van der Waals surface area contributed by atoms with Crippen LogP contribution >= 0.6 is 0 Å². The van der Waals surface area contributed by atoms with Gasteiger partial charge in [-0.1, -0.05) is 6.07 Å². The second kappa shape index (κ2) is 5.57. The molecule has 0 atom stereocenters. The first kappa shape index (κ1) is 13.6. The van der Waals surface area contributed by atoms with Gasteiger partial charge in [-0.3, -0.25) is 9.59 Å². The number of fused-ring (bicyclic) bond motifs is 1. The van der Waals surface area contributed by atoms with E-state index in [1.165, 1.54) is 0 Å². The molecule has 0 aliphatic carbocycles. The van der Waals surface area contributed by atoms with E-state index in [0.29, 0.717) is 31.7 Å². The minimum atomic E-state index is -0.476. The maximum Gasteiger partial charge on any atom is 0.254 e. The average Bonchev–Trinajstić information content (AvgIpc) is 3.02. The Bertz CT molecular complexity index is 672. The molecule has 1 aromatic carbocycles. The molecule has 2 N–H and O–H groups in total. The third-order valence-electron chi connectivity index (χ3n) is 3.88. The highest BCUT2D eigenvalue weighted by molar-refractivity contribution is 6.06. The number of aliphatic hydroxyl groups is 1. The van der Waals surface area contributed by atoms with Crippen molar-refractivity contribution in [3.8, 4) is 0 Å². The number of hydrogen-bond acceptors (Lipinski definition) is 3. The maximum atomic E-state index is 12.6. The number of hydrogen-bond donors (Lipinski definition) is 2. The number of benzene rings is 1. The number of aromatic amines is 1. The van der Waals surface area contributed by atoms with Crippen LogP contribution in [0.5, 0.6) is 0 Å². The predicted molar refractivity (Wildman–Crippen MR) is 77.9 cm³/mol. The lowest BCUT2D eigenvalue weighted by molar-refractivity contribution is -0.135. The Kier molecular flexibility index (Phi) is 3.62. The van der Waals surface area contributed by atoms with Gasteiger partial charge in [-0.05, 0) is 18.2 Å². The molecular formula is C15H17N3O3. The fourth-order valence-corrected chi connectivity index (χ4v) is 2.70. The van der Waals surface area contributed by atoms with Gasteiger partial charge in [-0.25, -0.2) is 0 Å². The van der Waals surface area contributed by atoms with Crippen LogP contribution in [0.25, 0.3) is 10.9 Å². The van der Waals surface area contributed by atoms with Crippen LogP contribution in [-0.4, -0.2) is 64.5 Å². The van der Waals surface area contributed by atoms with Crippen LogP contribution in [0.4, 0.5) is 0 Å². The number of piperazine rings is 1. The first-order valence-corrected chi connectivity index (χ1v) is 6.94. The molecule has 1 fully saturated rings. The molecule has 0 bridgehead atoms. The topological polar surface area (TPSA) is 76.6 Å². The van der Waals surface area contributed by atoms with E-state index in [2.05, 4.69) is 4.98 Å². The van der Waals surface area contributed by atoms with Gasteiger partial charge in [0.1, 0.15) is 6.61 Å². The fraction of sp³-hybridized carbons (Fsp3) is 0.333. The molecule has 3 rings (SSSR count). The standard InChI is InChI=1S/C15H17N3O3/c19-10-14(20)17-6-8-18(9-7-17)15(21)12-2-1-3-13-11(12)4-5-16-13/h1-5,16,19H,6-10H2. The van der Waals surface area contributed by atoms with Crippen LogP contribution in [0.2, 0.25) is 0 Å². The quantitative estimate of drug-likeness (QED) is 0.841. The van der Waals surface area contributed by atoms with Crippen molar-refractivity contribution in [1.82, 2.24) is 14.8 Å². The van der Waals surface area contributed by atoms with Crippen LogP contribution in [-0.2, 0) is 4.79 Å². The van der Waals surface area contributed by atoms with E-state index < -0.39 is 6.61 Å². The highest BCUT2D eigenvalue weighted by Crippen LogP contribution is 2.19. The highest BCUT2D eigenvalue weighted by Gasteiger charge is 2.25. The first-order valence-electron chi connectivity index (χ1n) is 6.94. The van der Waals surface area contributed by atoms with Gasteiger partial charge in [-0.15, -0.1) is 0 Å².